The molecule has 0 bridgehead atoms. The first kappa shape index (κ1) is 32.7. The SMILES string of the molecule is CCCC(C)NC(=O)C(c1ccc(C)c(C)c1)N(C(=O)C(Cc1ccc(O)cc1)NC(=O)OC(C)(C)C)C(C)C. The molecule has 40 heavy (non-hydrogen) atoms. The predicted molar refractivity (Wildman–Crippen MR) is 158 cm³/mol. The zero-order valence-electron chi connectivity index (χ0n) is 25.5. The first-order valence-corrected chi connectivity index (χ1v) is 14.1. The van der Waals surface area contributed by atoms with Crippen LogP contribution in [-0.2, 0) is 20.7 Å². The first-order valence-electron chi connectivity index (χ1n) is 14.1. The summed E-state index contributed by atoms with van der Waals surface area (Å²) in [5.41, 5.74) is 2.78. The van der Waals surface area contributed by atoms with Crippen LogP contribution in [0, 0.1) is 13.8 Å². The Labute approximate surface area is 239 Å². The predicted octanol–water partition coefficient (Wildman–Crippen LogP) is 5.73. The number of alkyl carbamates (subject to hydrolysis) is 1. The largest absolute Gasteiger partial charge is 0.508 e. The number of carbonyl (C=O) groups excluding carboxylic acids is 3. The molecule has 3 unspecified atom stereocenters. The molecule has 0 aromatic heterocycles. The van der Waals surface area contributed by atoms with Crippen molar-refractivity contribution in [3.63, 3.8) is 0 Å². The maximum atomic E-state index is 14.4. The zero-order valence-corrected chi connectivity index (χ0v) is 25.5. The molecular formula is C32H47N3O5. The van der Waals surface area contributed by atoms with Crippen molar-refractivity contribution in [2.24, 2.45) is 0 Å². The van der Waals surface area contributed by atoms with Gasteiger partial charge in [-0.25, -0.2) is 4.79 Å². The number of nitrogens with one attached hydrogen (secondary N) is 2. The molecule has 0 aliphatic heterocycles. The van der Waals surface area contributed by atoms with Gasteiger partial charge in [-0.05, 0) is 96.2 Å². The highest BCUT2D eigenvalue weighted by Gasteiger charge is 2.38. The third-order valence-corrected chi connectivity index (χ3v) is 6.66. The lowest BCUT2D eigenvalue weighted by Gasteiger charge is -2.38. The molecule has 0 spiro atoms. The summed E-state index contributed by atoms with van der Waals surface area (Å²) in [6.45, 7) is 17.0. The van der Waals surface area contributed by atoms with E-state index < -0.39 is 29.7 Å². The van der Waals surface area contributed by atoms with E-state index in [9.17, 15) is 19.5 Å². The Kier molecular flexibility index (Phi) is 11.6. The third kappa shape index (κ3) is 9.57. The Bertz CT molecular complexity index is 1150. The van der Waals surface area contributed by atoms with Gasteiger partial charge in [0.15, 0.2) is 0 Å². The van der Waals surface area contributed by atoms with Crippen molar-refractivity contribution < 1.29 is 24.2 Å². The van der Waals surface area contributed by atoms with E-state index in [1.54, 1.807) is 37.8 Å². The van der Waals surface area contributed by atoms with Crippen molar-refractivity contribution in [2.75, 3.05) is 0 Å². The molecule has 0 radical (unpaired) electrons. The second kappa shape index (κ2) is 14.2. The maximum Gasteiger partial charge on any atom is 0.408 e. The molecule has 0 saturated carbocycles. The molecule has 2 rings (SSSR count). The molecule has 0 aliphatic carbocycles. The maximum absolute atomic E-state index is 14.4. The number of hydrogen-bond acceptors (Lipinski definition) is 5. The number of phenols is 1. The number of benzene rings is 2. The van der Waals surface area contributed by atoms with Gasteiger partial charge >= 0.3 is 6.09 Å². The van der Waals surface area contributed by atoms with E-state index in [2.05, 4.69) is 17.6 Å². The van der Waals surface area contributed by atoms with Gasteiger partial charge in [0.05, 0.1) is 0 Å². The summed E-state index contributed by atoms with van der Waals surface area (Å²) in [4.78, 5) is 42.6. The molecule has 8 heteroatoms. The van der Waals surface area contributed by atoms with Crippen LogP contribution < -0.4 is 10.6 Å². The summed E-state index contributed by atoms with van der Waals surface area (Å²) in [7, 11) is 0. The van der Waals surface area contributed by atoms with Crippen LogP contribution in [0.25, 0.3) is 0 Å². The van der Waals surface area contributed by atoms with Crippen molar-refractivity contribution in [1.82, 2.24) is 15.5 Å². The van der Waals surface area contributed by atoms with E-state index in [4.69, 9.17) is 4.74 Å². The Morgan fingerprint density at radius 1 is 0.950 bits per heavy atom. The van der Waals surface area contributed by atoms with Crippen LogP contribution in [0.15, 0.2) is 42.5 Å². The number of nitrogens with zero attached hydrogens (tertiary/aromatic N) is 1. The van der Waals surface area contributed by atoms with E-state index >= 15 is 0 Å². The average Bonchev–Trinajstić information content (AvgIpc) is 2.83. The number of aromatic hydroxyl groups is 1. The lowest BCUT2D eigenvalue weighted by molar-refractivity contribution is -0.144. The first-order chi connectivity index (χ1) is 18.6. The average molecular weight is 554 g/mol. The minimum Gasteiger partial charge on any atom is -0.508 e. The number of carbonyl (C=O) groups is 3. The van der Waals surface area contributed by atoms with Crippen molar-refractivity contribution >= 4 is 17.9 Å². The van der Waals surface area contributed by atoms with Crippen LogP contribution in [-0.4, -0.2) is 51.6 Å². The van der Waals surface area contributed by atoms with Crippen LogP contribution in [0.5, 0.6) is 5.75 Å². The third-order valence-electron chi connectivity index (χ3n) is 6.66. The van der Waals surface area contributed by atoms with Gasteiger partial charge in [-0.1, -0.05) is 43.7 Å². The summed E-state index contributed by atoms with van der Waals surface area (Å²) in [6.07, 6.45) is 1.15. The lowest BCUT2D eigenvalue weighted by Crippen LogP contribution is -2.56. The van der Waals surface area contributed by atoms with Crippen LogP contribution in [0.3, 0.4) is 0 Å². The van der Waals surface area contributed by atoms with E-state index in [0.717, 1.165) is 29.5 Å². The van der Waals surface area contributed by atoms with Crippen LogP contribution in [0.4, 0.5) is 4.79 Å². The molecule has 0 saturated heterocycles. The molecule has 0 heterocycles. The number of hydrogen-bond donors (Lipinski definition) is 3. The molecule has 220 valence electrons. The quantitative estimate of drug-likeness (QED) is 0.329. The fourth-order valence-corrected chi connectivity index (χ4v) is 4.58. The smallest absolute Gasteiger partial charge is 0.408 e. The van der Waals surface area contributed by atoms with Crippen LogP contribution in [0.2, 0.25) is 0 Å². The van der Waals surface area contributed by atoms with Gasteiger partial charge in [-0.2, -0.15) is 0 Å². The molecule has 3 atom stereocenters. The van der Waals surface area contributed by atoms with E-state index in [-0.39, 0.29) is 30.2 Å². The summed E-state index contributed by atoms with van der Waals surface area (Å²) in [5.74, 6) is -0.578. The number of amides is 3. The Hall–Kier alpha value is -3.55. The van der Waals surface area contributed by atoms with Gasteiger partial charge in [0.25, 0.3) is 0 Å². The number of aryl methyl sites for hydroxylation is 2. The lowest BCUT2D eigenvalue weighted by atomic mass is 9.96. The molecule has 3 amide bonds. The minimum absolute atomic E-state index is 0.0664. The number of phenolic OH excluding ortho intramolecular Hbond substituents is 1. The molecule has 0 aliphatic rings. The zero-order chi connectivity index (χ0) is 30.2. The van der Waals surface area contributed by atoms with Gasteiger partial charge in [0.1, 0.15) is 23.4 Å². The molecule has 8 nitrogen and oxygen atoms in total. The van der Waals surface area contributed by atoms with Crippen molar-refractivity contribution in [3.8, 4) is 5.75 Å². The topological polar surface area (TPSA) is 108 Å². The summed E-state index contributed by atoms with van der Waals surface area (Å²) in [6, 6.07) is 9.90. The number of ether oxygens (including phenoxy) is 1. The Morgan fingerprint density at radius 2 is 1.57 bits per heavy atom. The second-order valence-electron chi connectivity index (χ2n) is 11.9. The van der Waals surface area contributed by atoms with Crippen molar-refractivity contribution in [2.45, 2.75) is 111 Å². The normalized spacial score (nSPS) is 13.8. The monoisotopic (exact) mass is 553 g/mol. The van der Waals surface area contributed by atoms with Gasteiger partial charge in [-0.15, -0.1) is 0 Å². The van der Waals surface area contributed by atoms with Gasteiger partial charge < -0.3 is 25.4 Å². The summed E-state index contributed by atoms with van der Waals surface area (Å²) >= 11 is 0. The molecule has 2 aromatic carbocycles. The highest BCUT2D eigenvalue weighted by Crippen LogP contribution is 2.28. The van der Waals surface area contributed by atoms with Gasteiger partial charge in [0.2, 0.25) is 11.8 Å². The molecular weight excluding hydrogens is 506 g/mol. The van der Waals surface area contributed by atoms with E-state index in [1.165, 1.54) is 12.1 Å². The fourth-order valence-electron chi connectivity index (χ4n) is 4.58. The Balaban J connectivity index is 2.57. The molecule has 0 fully saturated rings. The van der Waals surface area contributed by atoms with Crippen molar-refractivity contribution in [3.05, 3.63) is 64.7 Å². The van der Waals surface area contributed by atoms with E-state index in [1.807, 2.05) is 52.8 Å². The van der Waals surface area contributed by atoms with E-state index in [0.29, 0.717) is 5.56 Å². The highest BCUT2D eigenvalue weighted by molar-refractivity contribution is 5.92. The van der Waals surface area contributed by atoms with Crippen LogP contribution in [0.1, 0.15) is 89.6 Å². The van der Waals surface area contributed by atoms with Crippen molar-refractivity contribution in [1.29, 1.82) is 0 Å². The summed E-state index contributed by atoms with van der Waals surface area (Å²) in [5, 5.41) is 15.6. The molecule has 3 N–H and O–H groups in total. The minimum atomic E-state index is -1.02. The Morgan fingerprint density at radius 3 is 2.10 bits per heavy atom. The number of rotatable bonds is 11. The fraction of sp³-hybridized carbons (Fsp3) is 0.531. The second-order valence-corrected chi connectivity index (χ2v) is 11.9. The van der Waals surface area contributed by atoms with Gasteiger partial charge in [0, 0.05) is 18.5 Å². The van der Waals surface area contributed by atoms with Crippen LogP contribution >= 0.6 is 0 Å². The standard InChI is InChI=1S/C32H47N3O5/c1-10-11-23(6)33-29(37)28(25-15-12-21(4)22(5)18-25)35(20(2)3)30(38)27(34-31(39)40-32(7,8)9)19-24-13-16-26(36)17-14-24/h12-18,20,23,27-28,36H,10-11,19H2,1-9H3,(H,33,37)(H,34,39). The van der Waals surface area contributed by atoms with Gasteiger partial charge in [-0.3, -0.25) is 9.59 Å². The molecule has 2 aromatic rings. The summed E-state index contributed by atoms with van der Waals surface area (Å²) < 4.78 is 5.48. The highest BCUT2D eigenvalue weighted by atomic mass is 16.6.